The normalized spacial score (nSPS) is 14.6. The van der Waals surface area contributed by atoms with E-state index in [0.29, 0.717) is 31.6 Å². The van der Waals surface area contributed by atoms with Crippen molar-refractivity contribution in [2.24, 2.45) is 23.7 Å². The van der Waals surface area contributed by atoms with Crippen LogP contribution in [0.25, 0.3) is 0 Å². The van der Waals surface area contributed by atoms with Crippen molar-refractivity contribution >= 4 is 39.5 Å². The largest absolute Gasteiger partial charge is 0.472 e. The van der Waals surface area contributed by atoms with E-state index in [2.05, 4.69) is 55.4 Å². The van der Waals surface area contributed by atoms with Crippen LogP contribution in [-0.4, -0.2) is 96.7 Å². The maximum Gasteiger partial charge on any atom is 0.472 e. The molecule has 3 N–H and O–H groups in total. The summed E-state index contributed by atoms with van der Waals surface area (Å²) in [4.78, 5) is 72.6. The molecule has 0 saturated carbocycles. The smallest absolute Gasteiger partial charge is 0.462 e. The average Bonchev–Trinajstić information content (AvgIpc) is 3.09. The minimum atomic E-state index is -4.95. The zero-order chi connectivity index (χ0) is 66.8. The molecule has 0 aromatic carbocycles. The summed E-state index contributed by atoms with van der Waals surface area (Å²) in [5.41, 5.74) is 0. The molecule has 0 aromatic heterocycles. The number of hydrogen-bond acceptors (Lipinski definition) is 15. The van der Waals surface area contributed by atoms with E-state index in [1.54, 1.807) is 0 Å². The number of esters is 4. The summed E-state index contributed by atoms with van der Waals surface area (Å²) in [5, 5.41) is 10.6. The number of phosphoric acid groups is 2. The SMILES string of the molecule is CCC(C)CCCCCCCCC(=O)OC[C@H](COP(=O)(O)OCC(O)COP(=O)(O)OC[C@@H](COC(=O)CCCCCCCCCC(C)C)OC(=O)CCCCCCCCCCCCCCCCC(C)C)OC(=O)CCCCCCCCCCCCC(C)C. The third kappa shape index (κ3) is 63.5. The molecular formula is C71H138O17P2. The highest BCUT2D eigenvalue weighted by molar-refractivity contribution is 7.47. The average molecular weight is 1330 g/mol. The summed E-state index contributed by atoms with van der Waals surface area (Å²) in [7, 11) is -9.90. The molecule has 0 amide bonds. The van der Waals surface area contributed by atoms with Gasteiger partial charge in [0.05, 0.1) is 26.4 Å². The predicted molar refractivity (Wildman–Crippen MR) is 363 cm³/mol. The summed E-state index contributed by atoms with van der Waals surface area (Å²) in [6.07, 6.45) is 43.2. The number of aliphatic hydroxyl groups excluding tert-OH is 1. The van der Waals surface area contributed by atoms with Crippen LogP contribution in [-0.2, 0) is 65.4 Å². The van der Waals surface area contributed by atoms with E-state index < -0.39 is 97.5 Å². The minimum absolute atomic E-state index is 0.104. The van der Waals surface area contributed by atoms with Gasteiger partial charge >= 0.3 is 39.5 Å². The maximum absolute atomic E-state index is 13.0. The highest BCUT2D eigenvalue weighted by Crippen LogP contribution is 2.45. The topological polar surface area (TPSA) is 237 Å². The number of carbonyl (C=O) groups excluding carboxylic acids is 4. The molecule has 0 aliphatic heterocycles. The zero-order valence-electron chi connectivity index (χ0n) is 58.8. The third-order valence-corrected chi connectivity index (χ3v) is 18.6. The number of rotatable bonds is 68. The molecule has 0 heterocycles. The van der Waals surface area contributed by atoms with Gasteiger partial charge in [0.1, 0.15) is 19.3 Å². The molecule has 90 heavy (non-hydrogen) atoms. The van der Waals surface area contributed by atoms with Gasteiger partial charge in [-0.3, -0.25) is 37.3 Å². The molecular weight excluding hydrogens is 1190 g/mol. The molecule has 17 nitrogen and oxygen atoms in total. The molecule has 0 fully saturated rings. The number of unbranched alkanes of at least 4 members (excludes halogenated alkanes) is 33. The van der Waals surface area contributed by atoms with E-state index in [4.69, 9.17) is 37.0 Å². The van der Waals surface area contributed by atoms with Crippen molar-refractivity contribution < 1.29 is 80.2 Å². The van der Waals surface area contributed by atoms with E-state index in [9.17, 15) is 43.2 Å². The van der Waals surface area contributed by atoms with Gasteiger partial charge in [0.25, 0.3) is 0 Å². The molecule has 0 bridgehead atoms. The second kappa shape index (κ2) is 60.7. The van der Waals surface area contributed by atoms with Gasteiger partial charge in [-0.2, -0.15) is 0 Å². The van der Waals surface area contributed by atoms with Crippen molar-refractivity contribution in [2.75, 3.05) is 39.6 Å². The van der Waals surface area contributed by atoms with Crippen LogP contribution < -0.4 is 0 Å². The number of hydrogen-bond donors (Lipinski definition) is 3. The summed E-state index contributed by atoms with van der Waals surface area (Å²) >= 11 is 0. The van der Waals surface area contributed by atoms with Crippen LogP contribution in [0, 0.1) is 23.7 Å². The highest BCUT2D eigenvalue weighted by atomic mass is 31.2. The Morgan fingerprint density at radius 2 is 0.533 bits per heavy atom. The van der Waals surface area contributed by atoms with E-state index in [1.807, 2.05) is 0 Å². The van der Waals surface area contributed by atoms with Gasteiger partial charge in [-0.1, -0.05) is 299 Å². The fourth-order valence-corrected chi connectivity index (χ4v) is 12.2. The monoisotopic (exact) mass is 1320 g/mol. The lowest BCUT2D eigenvalue weighted by molar-refractivity contribution is -0.161. The molecule has 6 atom stereocenters. The van der Waals surface area contributed by atoms with Gasteiger partial charge in [-0.15, -0.1) is 0 Å². The Morgan fingerprint density at radius 3 is 0.789 bits per heavy atom. The highest BCUT2D eigenvalue weighted by Gasteiger charge is 2.30. The van der Waals surface area contributed by atoms with Crippen LogP contribution in [0.4, 0.5) is 0 Å². The molecule has 0 spiro atoms. The first-order chi connectivity index (χ1) is 43.1. The van der Waals surface area contributed by atoms with Crippen molar-refractivity contribution in [2.45, 2.75) is 369 Å². The quantitative estimate of drug-likeness (QED) is 0.0222. The minimum Gasteiger partial charge on any atom is -0.462 e. The zero-order valence-corrected chi connectivity index (χ0v) is 60.6. The van der Waals surface area contributed by atoms with Crippen LogP contribution in [0.2, 0.25) is 0 Å². The second-order valence-electron chi connectivity index (χ2n) is 27.3. The van der Waals surface area contributed by atoms with E-state index in [-0.39, 0.29) is 25.7 Å². The summed E-state index contributed by atoms with van der Waals surface area (Å²) in [6, 6.07) is 0. The molecule has 0 aromatic rings. The summed E-state index contributed by atoms with van der Waals surface area (Å²) in [6.45, 7) is 14.1. The first-order valence-corrected chi connectivity index (χ1v) is 39.7. The Bertz CT molecular complexity index is 1780. The molecule has 19 heteroatoms. The van der Waals surface area contributed by atoms with Gasteiger partial charge in [-0.05, 0) is 49.4 Å². The van der Waals surface area contributed by atoms with Crippen molar-refractivity contribution in [3.05, 3.63) is 0 Å². The lowest BCUT2D eigenvalue weighted by Gasteiger charge is -2.21. The number of carbonyl (C=O) groups is 4. The lowest BCUT2D eigenvalue weighted by atomic mass is 10.00. The predicted octanol–water partition coefficient (Wildman–Crippen LogP) is 20.1. The summed E-state index contributed by atoms with van der Waals surface area (Å²) in [5.74, 6) is 0.853. The molecule has 0 saturated heterocycles. The van der Waals surface area contributed by atoms with Crippen molar-refractivity contribution in [3.8, 4) is 0 Å². The van der Waals surface area contributed by atoms with Gasteiger partial charge in [0.2, 0.25) is 0 Å². The van der Waals surface area contributed by atoms with E-state index in [1.165, 1.54) is 141 Å². The van der Waals surface area contributed by atoms with Gasteiger partial charge in [-0.25, -0.2) is 9.13 Å². The Labute approximate surface area is 549 Å². The molecule has 0 aliphatic rings. The molecule has 534 valence electrons. The van der Waals surface area contributed by atoms with E-state index >= 15 is 0 Å². The van der Waals surface area contributed by atoms with Gasteiger partial charge in [0.15, 0.2) is 12.2 Å². The fraction of sp³-hybridized carbons (Fsp3) is 0.944. The van der Waals surface area contributed by atoms with Crippen molar-refractivity contribution in [1.29, 1.82) is 0 Å². The van der Waals surface area contributed by atoms with Gasteiger partial charge < -0.3 is 33.8 Å². The van der Waals surface area contributed by atoms with Gasteiger partial charge in [0, 0.05) is 25.7 Å². The maximum atomic E-state index is 13.0. The first-order valence-electron chi connectivity index (χ1n) is 36.7. The Kier molecular flexibility index (Phi) is 59.4. The van der Waals surface area contributed by atoms with Crippen LogP contribution in [0.1, 0.15) is 351 Å². The molecule has 0 aliphatic carbocycles. The Hall–Kier alpha value is -1.94. The molecule has 4 unspecified atom stereocenters. The Balaban J connectivity index is 5.24. The van der Waals surface area contributed by atoms with Crippen molar-refractivity contribution in [1.82, 2.24) is 0 Å². The number of aliphatic hydroxyl groups is 1. The fourth-order valence-electron chi connectivity index (χ4n) is 10.6. The van der Waals surface area contributed by atoms with Crippen LogP contribution >= 0.6 is 15.6 Å². The van der Waals surface area contributed by atoms with Crippen LogP contribution in [0.3, 0.4) is 0 Å². The number of ether oxygens (including phenoxy) is 4. The second-order valence-corrected chi connectivity index (χ2v) is 30.2. The number of phosphoric ester groups is 2. The van der Waals surface area contributed by atoms with E-state index in [0.717, 1.165) is 120 Å². The molecule has 0 radical (unpaired) electrons. The summed E-state index contributed by atoms with van der Waals surface area (Å²) < 4.78 is 68.3. The molecule has 0 rings (SSSR count). The third-order valence-electron chi connectivity index (χ3n) is 16.7. The first kappa shape index (κ1) is 88.1. The lowest BCUT2D eigenvalue weighted by Crippen LogP contribution is -2.30. The standard InChI is InChI=1S/C71H138O17P2/c1-9-64(8)50-42-34-29-30-36-44-52-69(74)82-58-67(88-71(76)54-46-38-27-21-17-16-19-24-32-40-48-62(4)5)60-86-90(79,80)84-56-65(72)55-83-89(77,78)85-59-66(57-81-68(73)51-43-35-28-22-25-33-41-49-63(6)7)87-70(75)53-45-37-26-20-15-13-11-10-12-14-18-23-31-39-47-61(2)3/h61-67,72H,9-60H2,1-8H3,(H,77,78)(H,79,80)/t64?,65?,66-,67-/m1/s1. The van der Waals surface area contributed by atoms with Crippen LogP contribution in [0.5, 0.6) is 0 Å². The van der Waals surface area contributed by atoms with Crippen molar-refractivity contribution in [3.63, 3.8) is 0 Å². The van der Waals surface area contributed by atoms with Crippen LogP contribution in [0.15, 0.2) is 0 Å². The Morgan fingerprint density at radius 1 is 0.311 bits per heavy atom.